The van der Waals surface area contributed by atoms with Crippen molar-refractivity contribution in [2.75, 3.05) is 33.1 Å². The summed E-state index contributed by atoms with van der Waals surface area (Å²) in [5, 5.41) is 1.21. The number of nitrogens with zero attached hydrogens (tertiary/aromatic N) is 3. The first-order valence-corrected chi connectivity index (χ1v) is 7.00. The molecule has 1 aliphatic carbocycles. The first-order chi connectivity index (χ1) is 9.54. The minimum Gasteiger partial charge on any atom is -0.378 e. The summed E-state index contributed by atoms with van der Waals surface area (Å²) < 4.78 is 0. The van der Waals surface area contributed by atoms with Gasteiger partial charge in [-0.15, -0.1) is 0 Å². The fourth-order valence-electron chi connectivity index (χ4n) is 2.63. The van der Waals surface area contributed by atoms with Gasteiger partial charge in [0.15, 0.2) is 0 Å². The number of hydrogen-bond donors (Lipinski definition) is 0. The molecule has 104 valence electrons. The van der Waals surface area contributed by atoms with Crippen molar-refractivity contribution in [3.63, 3.8) is 0 Å². The van der Waals surface area contributed by atoms with E-state index in [2.05, 4.69) is 74.4 Å². The van der Waals surface area contributed by atoms with Crippen LogP contribution < -0.4 is 4.90 Å². The Morgan fingerprint density at radius 1 is 1.10 bits per heavy atom. The Kier molecular flexibility index (Phi) is 3.22. The van der Waals surface area contributed by atoms with Gasteiger partial charge >= 0.3 is 0 Å². The van der Waals surface area contributed by atoms with Crippen LogP contribution in [-0.2, 0) is 6.42 Å². The molecule has 1 aliphatic rings. The lowest BCUT2D eigenvalue weighted by Gasteiger charge is -2.25. The highest BCUT2D eigenvalue weighted by atomic mass is 15.1. The van der Waals surface area contributed by atoms with Crippen LogP contribution in [-0.4, -0.2) is 44.1 Å². The minimum atomic E-state index is 0.449. The Bertz CT molecular complexity index is 671. The van der Waals surface area contributed by atoms with Gasteiger partial charge in [-0.3, -0.25) is 4.98 Å². The molecule has 0 bridgehead atoms. The lowest BCUT2D eigenvalue weighted by molar-refractivity contribution is 0.339. The van der Waals surface area contributed by atoms with Crippen molar-refractivity contribution in [2.24, 2.45) is 0 Å². The second-order valence-electron chi connectivity index (χ2n) is 5.89. The van der Waals surface area contributed by atoms with Gasteiger partial charge in [0.1, 0.15) is 0 Å². The maximum atomic E-state index is 4.89. The van der Waals surface area contributed by atoms with Gasteiger partial charge in [0, 0.05) is 37.6 Å². The molecule has 2 aromatic rings. The molecule has 0 N–H and O–H groups in total. The van der Waals surface area contributed by atoms with Gasteiger partial charge in [0.2, 0.25) is 0 Å². The Morgan fingerprint density at radius 2 is 1.90 bits per heavy atom. The van der Waals surface area contributed by atoms with Crippen LogP contribution in [0.15, 0.2) is 30.3 Å². The van der Waals surface area contributed by atoms with Crippen molar-refractivity contribution < 1.29 is 0 Å². The maximum Gasteiger partial charge on any atom is 0.0726 e. The van der Waals surface area contributed by atoms with E-state index in [1.807, 2.05) is 0 Å². The summed E-state index contributed by atoms with van der Waals surface area (Å²) in [7, 11) is 8.35. The molecule has 0 radical (unpaired) electrons. The number of fused-ring (bicyclic) bond motifs is 2. The van der Waals surface area contributed by atoms with Crippen molar-refractivity contribution in [2.45, 2.75) is 12.5 Å². The number of anilines is 1. The van der Waals surface area contributed by atoms with Crippen LogP contribution in [0.4, 0.5) is 5.69 Å². The highest BCUT2D eigenvalue weighted by molar-refractivity contribution is 5.85. The predicted molar refractivity (Wildman–Crippen MR) is 86.3 cm³/mol. The lowest BCUT2D eigenvalue weighted by Crippen LogP contribution is -2.30. The van der Waals surface area contributed by atoms with Crippen LogP contribution in [0.5, 0.6) is 0 Å². The molecule has 0 aliphatic heterocycles. The molecule has 3 rings (SSSR count). The molecule has 0 saturated carbocycles. The zero-order valence-electron chi connectivity index (χ0n) is 12.6. The van der Waals surface area contributed by atoms with Crippen LogP contribution in [0.2, 0.25) is 0 Å². The van der Waals surface area contributed by atoms with Crippen molar-refractivity contribution in [3.8, 4) is 0 Å². The van der Waals surface area contributed by atoms with E-state index < -0.39 is 0 Å². The zero-order chi connectivity index (χ0) is 14.3. The van der Waals surface area contributed by atoms with Crippen molar-refractivity contribution in [1.29, 1.82) is 0 Å². The molecular weight excluding hydrogens is 246 g/mol. The predicted octanol–water partition coefficient (Wildman–Crippen LogP) is 2.80. The number of hydrogen-bond acceptors (Lipinski definition) is 3. The fourth-order valence-corrected chi connectivity index (χ4v) is 2.63. The monoisotopic (exact) mass is 267 g/mol. The maximum absolute atomic E-state index is 4.89. The number of rotatable bonds is 2. The summed E-state index contributed by atoms with van der Waals surface area (Å²) in [4.78, 5) is 9.24. The molecule has 1 atom stereocenters. The van der Waals surface area contributed by atoms with E-state index in [1.54, 1.807) is 0 Å². The summed E-state index contributed by atoms with van der Waals surface area (Å²) in [5.74, 6) is 0. The largest absolute Gasteiger partial charge is 0.378 e. The molecule has 3 heteroatoms. The average Bonchev–Trinajstić information content (AvgIpc) is 2.43. The van der Waals surface area contributed by atoms with Crippen molar-refractivity contribution in [1.82, 2.24) is 9.88 Å². The molecule has 20 heavy (non-hydrogen) atoms. The van der Waals surface area contributed by atoms with Crippen LogP contribution in [0, 0.1) is 0 Å². The van der Waals surface area contributed by atoms with E-state index in [9.17, 15) is 0 Å². The molecule has 1 unspecified atom stereocenters. The van der Waals surface area contributed by atoms with Crippen LogP contribution in [0.1, 0.15) is 11.3 Å². The molecule has 3 nitrogen and oxygen atoms in total. The molecule has 0 spiro atoms. The smallest absolute Gasteiger partial charge is 0.0726 e. The second-order valence-corrected chi connectivity index (χ2v) is 5.89. The van der Waals surface area contributed by atoms with Crippen molar-refractivity contribution in [3.05, 3.63) is 41.6 Å². The summed E-state index contributed by atoms with van der Waals surface area (Å²) in [6.45, 7) is 0. The summed E-state index contributed by atoms with van der Waals surface area (Å²) in [5.41, 5.74) is 4.74. The van der Waals surface area contributed by atoms with Gasteiger partial charge in [-0.2, -0.15) is 0 Å². The number of aromatic nitrogens is 1. The Hall–Kier alpha value is -1.87. The van der Waals surface area contributed by atoms with E-state index in [4.69, 9.17) is 4.98 Å². The Labute approximate surface area is 120 Å². The molecule has 1 heterocycles. The quantitative estimate of drug-likeness (QED) is 0.834. The third kappa shape index (κ3) is 2.29. The molecule has 0 saturated heterocycles. The summed E-state index contributed by atoms with van der Waals surface area (Å²) in [6, 6.07) is 9.16. The van der Waals surface area contributed by atoms with E-state index in [-0.39, 0.29) is 0 Å². The van der Waals surface area contributed by atoms with Crippen molar-refractivity contribution >= 4 is 22.7 Å². The average molecular weight is 267 g/mol. The van der Waals surface area contributed by atoms with Gasteiger partial charge in [-0.05, 0) is 37.9 Å². The van der Waals surface area contributed by atoms with Gasteiger partial charge in [-0.25, -0.2) is 0 Å². The molecule has 1 aromatic heterocycles. The topological polar surface area (TPSA) is 19.4 Å². The van der Waals surface area contributed by atoms with Gasteiger partial charge in [0.05, 0.1) is 11.2 Å². The van der Waals surface area contributed by atoms with E-state index in [0.29, 0.717) is 6.04 Å². The van der Waals surface area contributed by atoms with Gasteiger partial charge in [-0.1, -0.05) is 18.2 Å². The zero-order valence-corrected chi connectivity index (χ0v) is 12.6. The molecular formula is C17H21N3. The third-order valence-electron chi connectivity index (χ3n) is 3.99. The second kappa shape index (κ2) is 4.91. The lowest BCUT2D eigenvalue weighted by atomic mass is 9.97. The van der Waals surface area contributed by atoms with Gasteiger partial charge < -0.3 is 9.80 Å². The van der Waals surface area contributed by atoms with Gasteiger partial charge in [0.25, 0.3) is 0 Å². The SMILES string of the molecule is CN(C)c1ccc2cc3c(nc2c1)CC(N(C)C)C=C3. The number of likely N-dealkylation sites (N-methyl/N-ethyl adjacent to an activating group) is 1. The first-order valence-electron chi connectivity index (χ1n) is 7.00. The summed E-state index contributed by atoms with van der Waals surface area (Å²) >= 11 is 0. The number of pyridine rings is 1. The Balaban J connectivity index is 2.07. The third-order valence-corrected chi connectivity index (χ3v) is 3.99. The van der Waals surface area contributed by atoms with Crippen LogP contribution >= 0.6 is 0 Å². The Morgan fingerprint density at radius 3 is 2.60 bits per heavy atom. The normalized spacial score (nSPS) is 17.6. The van der Waals surface area contributed by atoms with E-state index in [0.717, 1.165) is 11.9 Å². The fraction of sp³-hybridized carbons (Fsp3) is 0.353. The molecule has 0 amide bonds. The summed E-state index contributed by atoms with van der Waals surface area (Å²) in [6.07, 6.45) is 5.46. The highest BCUT2D eigenvalue weighted by Crippen LogP contribution is 2.26. The van der Waals surface area contributed by atoms with E-state index in [1.165, 1.54) is 22.3 Å². The van der Waals surface area contributed by atoms with Crippen LogP contribution in [0.3, 0.4) is 0 Å². The standard InChI is InChI=1S/C17H21N3/c1-19(2)14-7-5-12-9-13-6-8-15(20(3)4)11-17(13)18-16(12)10-14/h5-10,15H,11H2,1-4H3. The highest BCUT2D eigenvalue weighted by Gasteiger charge is 2.17. The molecule has 0 fully saturated rings. The minimum absolute atomic E-state index is 0.449. The first kappa shape index (κ1) is 13.1. The molecule has 1 aromatic carbocycles. The number of benzene rings is 1. The van der Waals surface area contributed by atoms with E-state index >= 15 is 0 Å². The van der Waals surface area contributed by atoms with Crippen LogP contribution in [0.25, 0.3) is 17.0 Å².